The standard InChI is InChI=1S/C11H13N3/c1-2-4-11-10(3-1)13-8-14(11)7-9-5-12-6-9/h1-4,8-9,12H,5-7H2. The van der Waals surface area contributed by atoms with Crippen molar-refractivity contribution < 1.29 is 0 Å². The second kappa shape index (κ2) is 3.10. The monoisotopic (exact) mass is 187 g/mol. The van der Waals surface area contributed by atoms with E-state index in [2.05, 4.69) is 33.1 Å². The lowest BCUT2D eigenvalue weighted by Gasteiger charge is -2.27. The molecule has 0 saturated carbocycles. The minimum Gasteiger partial charge on any atom is -0.330 e. The van der Waals surface area contributed by atoms with E-state index in [1.165, 1.54) is 5.52 Å². The predicted molar refractivity (Wildman–Crippen MR) is 56.1 cm³/mol. The second-order valence-corrected chi connectivity index (χ2v) is 3.91. The van der Waals surface area contributed by atoms with Gasteiger partial charge in [0, 0.05) is 25.6 Å². The third-order valence-corrected chi connectivity index (χ3v) is 2.85. The van der Waals surface area contributed by atoms with Crippen molar-refractivity contribution in [1.29, 1.82) is 0 Å². The Morgan fingerprint density at radius 2 is 2.21 bits per heavy atom. The van der Waals surface area contributed by atoms with Gasteiger partial charge in [0.1, 0.15) is 0 Å². The molecule has 1 aliphatic heterocycles. The molecular formula is C11H13N3. The molecule has 1 aromatic heterocycles. The minimum atomic E-state index is 0.785. The molecule has 0 radical (unpaired) electrons. The summed E-state index contributed by atoms with van der Waals surface area (Å²) in [6, 6.07) is 8.30. The summed E-state index contributed by atoms with van der Waals surface area (Å²) in [4.78, 5) is 4.37. The van der Waals surface area contributed by atoms with E-state index in [4.69, 9.17) is 0 Å². The normalized spacial score (nSPS) is 17.1. The Kier molecular flexibility index (Phi) is 1.77. The smallest absolute Gasteiger partial charge is 0.0958 e. The first-order valence-corrected chi connectivity index (χ1v) is 5.04. The van der Waals surface area contributed by atoms with E-state index < -0.39 is 0 Å². The number of hydrogen-bond acceptors (Lipinski definition) is 2. The van der Waals surface area contributed by atoms with E-state index in [1.807, 2.05) is 12.4 Å². The third-order valence-electron chi connectivity index (χ3n) is 2.85. The summed E-state index contributed by atoms with van der Waals surface area (Å²) in [6.45, 7) is 3.38. The van der Waals surface area contributed by atoms with Gasteiger partial charge in [-0.15, -0.1) is 0 Å². The van der Waals surface area contributed by atoms with Crippen LogP contribution in [-0.2, 0) is 6.54 Å². The summed E-state index contributed by atoms with van der Waals surface area (Å²) in [5, 5.41) is 3.29. The molecule has 0 bridgehead atoms. The number of para-hydroxylation sites is 2. The topological polar surface area (TPSA) is 29.9 Å². The second-order valence-electron chi connectivity index (χ2n) is 3.91. The molecule has 1 aromatic carbocycles. The molecule has 3 nitrogen and oxygen atoms in total. The molecule has 1 fully saturated rings. The Hall–Kier alpha value is -1.35. The molecule has 3 rings (SSSR count). The number of imidazole rings is 1. The lowest BCUT2D eigenvalue weighted by Crippen LogP contribution is -2.44. The average molecular weight is 187 g/mol. The number of nitrogens with zero attached hydrogens (tertiary/aromatic N) is 2. The molecule has 0 atom stereocenters. The van der Waals surface area contributed by atoms with Crippen LogP contribution >= 0.6 is 0 Å². The minimum absolute atomic E-state index is 0.785. The van der Waals surface area contributed by atoms with E-state index in [-0.39, 0.29) is 0 Å². The van der Waals surface area contributed by atoms with Crippen LogP contribution in [0.25, 0.3) is 11.0 Å². The summed E-state index contributed by atoms with van der Waals surface area (Å²) < 4.78 is 2.25. The highest BCUT2D eigenvalue weighted by Crippen LogP contribution is 2.15. The maximum absolute atomic E-state index is 4.37. The Labute approximate surface area is 82.8 Å². The number of nitrogens with one attached hydrogen (secondary N) is 1. The fraction of sp³-hybridized carbons (Fsp3) is 0.364. The molecule has 72 valence electrons. The van der Waals surface area contributed by atoms with Gasteiger partial charge in [-0.05, 0) is 12.1 Å². The van der Waals surface area contributed by atoms with E-state index in [9.17, 15) is 0 Å². The van der Waals surface area contributed by atoms with Crippen LogP contribution in [0.4, 0.5) is 0 Å². The highest BCUT2D eigenvalue weighted by molar-refractivity contribution is 5.74. The Morgan fingerprint density at radius 1 is 1.36 bits per heavy atom. The zero-order valence-electron chi connectivity index (χ0n) is 7.98. The first-order valence-electron chi connectivity index (χ1n) is 5.04. The number of fused-ring (bicyclic) bond motifs is 1. The van der Waals surface area contributed by atoms with Crippen molar-refractivity contribution in [3.63, 3.8) is 0 Å². The van der Waals surface area contributed by atoms with Crippen LogP contribution in [-0.4, -0.2) is 22.6 Å². The third kappa shape index (κ3) is 1.21. The van der Waals surface area contributed by atoms with Gasteiger partial charge >= 0.3 is 0 Å². The molecule has 0 amide bonds. The highest BCUT2D eigenvalue weighted by atomic mass is 15.1. The Balaban J connectivity index is 1.95. The van der Waals surface area contributed by atoms with Gasteiger partial charge in [-0.3, -0.25) is 0 Å². The number of rotatable bonds is 2. The lowest BCUT2D eigenvalue weighted by atomic mass is 10.0. The average Bonchev–Trinajstić information content (AvgIpc) is 2.55. The quantitative estimate of drug-likeness (QED) is 0.767. The van der Waals surface area contributed by atoms with Gasteiger partial charge < -0.3 is 9.88 Å². The van der Waals surface area contributed by atoms with E-state index in [0.29, 0.717) is 0 Å². The van der Waals surface area contributed by atoms with Gasteiger partial charge in [-0.25, -0.2) is 4.98 Å². The van der Waals surface area contributed by atoms with E-state index in [0.717, 1.165) is 31.1 Å². The van der Waals surface area contributed by atoms with Gasteiger partial charge in [0.2, 0.25) is 0 Å². The Morgan fingerprint density at radius 3 is 3.00 bits per heavy atom. The fourth-order valence-electron chi connectivity index (χ4n) is 1.91. The zero-order valence-corrected chi connectivity index (χ0v) is 7.98. The largest absolute Gasteiger partial charge is 0.330 e. The van der Waals surface area contributed by atoms with Crippen molar-refractivity contribution in [2.24, 2.45) is 5.92 Å². The van der Waals surface area contributed by atoms with Crippen molar-refractivity contribution in [2.45, 2.75) is 6.54 Å². The Bertz CT molecular complexity index is 442. The van der Waals surface area contributed by atoms with Crippen molar-refractivity contribution >= 4 is 11.0 Å². The molecule has 1 saturated heterocycles. The highest BCUT2D eigenvalue weighted by Gasteiger charge is 2.17. The van der Waals surface area contributed by atoms with Gasteiger partial charge in [0.15, 0.2) is 0 Å². The van der Waals surface area contributed by atoms with Gasteiger partial charge in [-0.1, -0.05) is 12.1 Å². The molecular weight excluding hydrogens is 174 g/mol. The van der Waals surface area contributed by atoms with Crippen LogP contribution in [0.5, 0.6) is 0 Å². The SMILES string of the molecule is c1ccc2c(c1)ncn2CC1CNC1. The number of aromatic nitrogens is 2. The van der Waals surface area contributed by atoms with Crippen LogP contribution < -0.4 is 5.32 Å². The predicted octanol–water partition coefficient (Wildman–Crippen LogP) is 1.26. The fourth-order valence-corrected chi connectivity index (χ4v) is 1.91. The zero-order chi connectivity index (χ0) is 9.38. The van der Waals surface area contributed by atoms with Crippen LogP contribution in [0.2, 0.25) is 0 Å². The van der Waals surface area contributed by atoms with Crippen LogP contribution in [0, 0.1) is 5.92 Å². The maximum atomic E-state index is 4.37. The molecule has 1 aliphatic rings. The van der Waals surface area contributed by atoms with Gasteiger partial charge in [0.25, 0.3) is 0 Å². The van der Waals surface area contributed by atoms with E-state index >= 15 is 0 Å². The van der Waals surface area contributed by atoms with Gasteiger partial charge in [-0.2, -0.15) is 0 Å². The first kappa shape index (κ1) is 8.00. The summed E-state index contributed by atoms with van der Waals surface area (Å²) in [5.74, 6) is 0.785. The van der Waals surface area contributed by atoms with Gasteiger partial charge in [0.05, 0.1) is 17.4 Å². The van der Waals surface area contributed by atoms with Crippen LogP contribution in [0.15, 0.2) is 30.6 Å². The van der Waals surface area contributed by atoms with Crippen LogP contribution in [0.3, 0.4) is 0 Å². The van der Waals surface area contributed by atoms with Crippen molar-refractivity contribution in [1.82, 2.24) is 14.9 Å². The summed E-state index contributed by atoms with van der Waals surface area (Å²) in [7, 11) is 0. The molecule has 3 heteroatoms. The van der Waals surface area contributed by atoms with Crippen molar-refractivity contribution in [2.75, 3.05) is 13.1 Å². The molecule has 0 unspecified atom stereocenters. The van der Waals surface area contributed by atoms with Crippen LogP contribution in [0.1, 0.15) is 0 Å². The van der Waals surface area contributed by atoms with Crippen molar-refractivity contribution in [3.05, 3.63) is 30.6 Å². The molecule has 0 aliphatic carbocycles. The molecule has 14 heavy (non-hydrogen) atoms. The first-order chi connectivity index (χ1) is 6.93. The van der Waals surface area contributed by atoms with Crippen molar-refractivity contribution in [3.8, 4) is 0 Å². The molecule has 0 spiro atoms. The number of hydrogen-bond donors (Lipinski definition) is 1. The summed E-state index contributed by atoms with van der Waals surface area (Å²) in [5.41, 5.74) is 2.35. The molecule has 1 N–H and O–H groups in total. The molecule has 2 heterocycles. The summed E-state index contributed by atoms with van der Waals surface area (Å²) >= 11 is 0. The van der Waals surface area contributed by atoms with E-state index in [1.54, 1.807) is 0 Å². The lowest BCUT2D eigenvalue weighted by molar-refractivity contribution is 0.309. The number of benzene rings is 1. The maximum Gasteiger partial charge on any atom is 0.0958 e. The molecule has 2 aromatic rings. The summed E-state index contributed by atoms with van der Waals surface area (Å²) in [6.07, 6.45) is 1.95.